The van der Waals surface area contributed by atoms with Crippen molar-refractivity contribution < 1.29 is 14.1 Å². The number of hydrogen-bond acceptors (Lipinski definition) is 5. The molecule has 2 rings (SSSR count). The molecular formula is C20H30ClN3O3. The zero-order valence-corrected chi connectivity index (χ0v) is 17.5. The molecule has 0 bridgehead atoms. The van der Waals surface area contributed by atoms with E-state index in [1.165, 1.54) is 0 Å². The number of ether oxygens (including phenoxy) is 1. The van der Waals surface area contributed by atoms with E-state index in [2.05, 4.69) is 24.3 Å². The smallest absolute Gasteiger partial charge is 0.224 e. The zero-order valence-electron chi connectivity index (χ0n) is 16.7. The van der Waals surface area contributed by atoms with Crippen LogP contribution in [0.2, 0.25) is 0 Å². The monoisotopic (exact) mass is 395 g/mol. The van der Waals surface area contributed by atoms with Gasteiger partial charge in [-0.1, -0.05) is 31.1 Å². The number of halogens is 1. The van der Waals surface area contributed by atoms with Crippen molar-refractivity contribution in [3.05, 3.63) is 46.8 Å². The number of nitrogens with two attached hydrogens (primary N) is 1. The molecule has 0 saturated carbocycles. The van der Waals surface area contributed by atoms with Gasteiger partial charge in [-0.2, -0.15) is 0 Å². The highest BCUT2D eigenvalue weighted by Gasteiger charge is 2.28. The third-order valence-electron chi connectivity index (χ3n) is 4.98. The Kier molecular flexibility index (Phi) is 8.31. The Hall–Kier alpha value is -2.05. The Labute approximate surface area is 167 Å². The van der Waals surface area contributed by atoms with Crippen LogP contribution in [-0.2, 0) is 17.8 Å². The van der Waals surface area contributed by atoms with E-state index < -0.39 is 5.54 Å². The van der Waals surface area contributed by atoms with Gasteiger partial charge in [-0.15, -0.1) is 12.4 Å². The maximum Gasteiger partial charge on any atom is 0.224 e. The van der Waals surface area contributed by atoms with Gasteiger partial charge in [0, 0.05) is 6.54 Å². The molecule has 1 heterocycles. The van der Waals surface area contributed by atoms with Crippen LogP contribution < -0.4 is 15.8 Å². The second kappa shape index (κ2) is 9.76. The molecule has 0 spiro atoms. The number of nitrogens with one attached hydrogen (secondary N) is 1. The summed E-state index contributed by atoms with van der Waals surface area (Å²) in [5.74, 6) is 1.74. The number of rotatable bonds is 8. The molecule has 6 nitrogen and oxygen atoms in total. The lowest BCUT2D eigenvalue weighted by atomic mass is 9.88. The van der Waals surface area contributed by atoms with Gasteiger partial charge in [-0.3, -0.25) is 4.79 Å². The third-order valence-corrected chi connectivity index (χ3v) is 4.98. The molecule has 1 atom stereocenters. The van der Waals surface area contributed by atoms with Crippen molar-refractivity contribution in [2.45, 2.75) is 53.2 Å². The van der Waals surface area contributed by atoms with Gasteiger partial charge in [0.2, 0.25) is 5.91 Å². The lowest BCUT2D eigenvalue weighted by Crippen LogP contribution is -2.55. The van der Waals surface area contributed by atoms with E-state index in [0.717, 1.165) is 28.3 Å². The van der Waals surface area contributed by atoms with Gasteiger partial charge in [-0.05, 0) is 44.4 Å². The molecule has 27 heavy (non-hydrogen) atoms. The van der Waals surface area contributed by atoms with Crippen LogP contribution in [-0.4, -0.2) is 23.1 Å². The van der Waals surface area contributed by atoms with Gasteiger partial charge in [-0.25, -0.2) is 0 Å². The number of amides is 1. The van der Waals surface area contributed by atoms with Crippen LogP contribution in [0.15, 0.2) is 28.8 Å². The first kappa shape index (κ1) is 23.0. The molecule has 0 aliphatic heterocycles. The fraction of sp³-hybridized carbons (Fsp3) is 0.500. The number of benzene rings is 1. The Balaban J connectivity index is 0.00000364. The number of hydrogen-bond donors (Lipinski definition) is 2. The minimum absolute atomic E-state index is 0. The largest absolute Gasteiger partial charge is 0.489 e. The molecular weight excluding hydrogens is 366 g/mol. The zero-order chi connectivity index (χ0) is 19.3. The van der Waals surface area contributed by atoms with Crippen LogP contribution in [0.4, 0.5) is 0 Å². The predicted molar refractivity (Wildman–Crippen MR) is 108 cm³/mol. The van der Waals surface area contributed by atoms with Crippen molar-refractivity contribution in [3.63, 3.8) is 0 Å². The number of carbonyl (C=O) groups is 1. The summed E-state index contributed by atoms with van der Waals surface area (Å²) in [7, 11) is 0. The van der Waals surface area contributed by atoms with Crippen LogP contribution in [0.1, 0.15) is 43.4 Å². The SMILES string of the molecule is Cc1noc(C)c1COc1ccc(CC(=O)NC(C)(CN)C(C)C)cc1.Cl. The lowest BCUT2D eigenvalue weighted by Gasteiger charge is -2.33. The number of aryl methyl sites for hydroxylation is 2. The molecule has 3 N–H and O–H groups in total. The Morgan fingerprint density at radius 3 is 2.41 bits per heavy atom. The molecule has 0 fully saturated rings. The summed E-state index contributed by atoms with van der Waals surface area (Å²) < 4.78 is 10.9. The van der Waals surface area contributed by atoms with Gasteiger partial charge in [0.25, 0.3) is 0 Å². The number of nitrogens with zero attached hydrogens (tertiary/aromatic N) is 1. The molecule has 150 valence electrons. The quantitative estimate of drug-likeness (QED) is 0.715. The van der Waals surface area contributed by atoms with Crippen molar-refractivity contribution in [2.75, 3.05) is 6.54 Å². The van der Waals surface area contributed by atoms with Gasteiger partial charge >= 0.3 is 0 Å². The van der Waals surface area contributed by atoms with E-state index in [9.17, 15) is 4.79 Å². The highest BCUT2D eigenvalue weighted by molar-refractivity contribution is 5.85. The minimum atomic E-state index is -0.394. The molecule has 1 unspecified atom stereocenters. The minimum Gasteiger partial charge on any atom is -0.489 e. The second-order valence-electron chi connectivity index (χ2n) is 7.24. The molecule has 1 amide bonds. The summed E-state index contributed by atoms with van der Waals surface area (Å²) in [6.45, 7) is 10.7. The van der Waals surface area contributed by atoms with E-state index in [1.54, 1.807) is 0 Å². The molecule has 0 aliphatic rings. The maximum atomic E-state index is 12.3. The molecule has 2 aromatic rings. The van der Waals surface area contributed by atoms with Crippen molar-refractivity contribution in [2.24, 2.45) is 11.7 Å². The van der Waals surface area contributed by atoms with Gasteiger partial charge in [0.15, 0.2) is 0 Å². The Morgan fingerprint density at radius 1 is 1.30 bits per heavy atom. The summed E-state index contributed by atoms with van der Waals surface area (Å²) in [5, 5.41) is 6.96. The molecule has 7 heteroatoms. The van der Waals surface area contributed by atoms with Crippen molar-refractivity contribution in [1.82, 2.24) is 10.5 Å². The topological polar surface area (TPSA) is 90.4 Å². The van der Waals surface area contributed by atoms with E-state index in [-0.39, 0.29) is 24.2 Å². The Bertz CT molecular complexity index is 724. The maximum absolute atomic E-state index is 12.3. The van der Waals surface area contributed by atoms with E-state index in [1.807, 2.05) is 45.0 Å². The summed E-state index contributed by atoms with van der Waals surface area (Å²) in [6.07, 6.45) is 0.312. The van der Waals surface area contributed by atoms with E-state index >= 15 is 0 Å². The summed E-state index contributed by atoms with van der Waals surface area (Å²) in [4.78, 5) is 12.3. The fourth-order valence-corrected chi connectivity index (χ4v) is 2.55. The molecule has 0 saturated heterocycles. The van der Waals surface area contributed by atoms with E-state index in [0.29, 0.717) is 19.6 Å². The van der Waals surface area contributed by atoms with Crippen LogP contribution in [0.3, 0.4) is 0 Å². The first-order chi connectivity index (χ1) is 12.2. The first-order valence-electron chi connectivity index (χ1n) is 8.89. The van der Waals surface area contributed by atoms with Gasteiger partial charge in [0.05, 0.1) is 23.2 Å². The number of aromatic nitrogens is 1. The molecule has 1 aromatic carbocycles. The highest BCUT2D eigenvalue weighted by atomic mass is 35.5. The van der Waals surface area contributed by atoms with Crippen molar-refractivity contribution in [1.29, 1.82) is 0 Å². The predicted octanol–water partition coefficient (Wildman–Crippen LogP) is 3.32. The van der Waals surface area contributed by atoms with Crippen molar-refractivity contribution >= 4 is 18.3 Å². The van der Waals surface area contributed by atoms with Crippen LogP contribution in [0.25, 0.3) is 0 Å². The second-order valence-corrected chi connectivity index (χ2v) is 7.24. The molecule has 0 radical (unpaired) electrons. The summed E-state index contributed by atoms with van der Waals surface area (Å²) in [5.41, 5.74) is 8.15. The fourth-order valence-electron chi connectivity index (χ4n) is 2.55. The third kappa shape index (κ3) is 5.97. The van der Waals surface area contributed by atoms with Gasteiger partial charge in [0.1, 0.15) is 18.1 Å². The first-order valence-corrected chi connectivity index (χ1v) is 8.89. The average Bonchev–Trinajstić information content (AvgIpc) is 2.92. The standard InChI is InChI=1S/C20H29N3O3.ClH/c1-13(2)20(5,12-21)22-19(24)10-16-6-8-17(9-7-16)25-11-18-14(3)23-26-15(18)4;/h6-9,13H,10-12,21H2,1-5H3,(H,22,24);1H. The van der Waals surface area contributed by atoms with Crippen LogP contribution in [0, 0.1) is 19.8 Å². The van der Waals surface area contributed by atoms with Crippen LogP contribution >= 0.6 is 12.4 Å². The normalized spacial score (nSPS) is 13.0. The lowest BCUT2D eigenvalue weighted by molar-refractivity contribution is -0.122. The van der Waals surface area contributed by atoms with Crippen LogP contribution in [0.5, 0.6) is 5.75 Å². The van der Waals surface area contributed by atoms with Crippen molar-refractivity contribution in [3.8, 4) is 5.75 Å². The summed E-state index contributed by atoms with van der Waals surface area (Å²) >= 11 is 0. The Morgan fingerprint density at radius 2 is 1.93 bits per heavy atom. The summed E-state index contributed by atoms with van der Waals surface area (Å²) in [6, 6.07) is 7.53. The van der Waals surface area contributed by atoms with E-state index in [4.69, 9.17) is 15.0 Å². The number of carbonyl (C=O) groups excluding carboxylic acids is 1. The average molecular weight is 396 g/mol. The highest BCUT2D eigenvalue weighted by Crippen LogP contribution is 2.19. The molecule has 1 aromatic heterocycles. The molecule has 0 aliphatic carbocycles. The van der Waals surface area contributed by atoms with Gasteiger partial charge < -0.3 is 20.3 Å².